The molecule has 1 rings (SSSR count). The Balaban J connectivity index is 2.36. The molecular formula is C5H7IO. The fraction of sp³-hybridized carbons (Fsp3) is 0.600. The van der Waals surface area contributed by atoms with Crippen molar-refractivity contribution in [2.75, 3.05) is 13.2 Å². The molecule has 1 heterocycles. The van der Waals surface area contributed by atoms with E-state index in [4.69, 9.17) is 4.74 Å². The van der Waals surface area contributed by atoms with Crippen molar-refractivity contribution in [2.24, 2.45) is 0 Å². The highest BCUT2D eigenvalue weighted by atomic mass is 127. The van der Waals surface area contributed by atoms with Gasteiger partial charge in [0.05, 0.1) is 17.1 Å². The minimum absolute atomic E-state index is 0.603. The molecule has 0 saturated heterocycles. The molecule has 0 N–H and O–H groups in total. The quantitative estimate of drug-likeness (QED) is 0.333. The van der Waals surface area contributed by atoms with Gasteiger partial charge >= 0.3 is 0 Å². The normalized spacial score (nSPS) is 30.7. The Kier molecular flexibility index (Phi) is 2.12. The van der Waals surface area contributed by atoms with Crippen molar-refractivity contribution in [1.82, 2.24) is 0 Å². The Hall–Kier alpha value is 0.430. The Bertz CT molecular complexity index is 80.1. The summed E-state index contributed by atoms with van der Waals surface area (Å²) in [5.74, 6) is 0. The van der Waals surface area contributed by atoms with Crippen molar-refractivity contribution < 1.29 is 4.74 Å². The smallest absolute Gasteiger partial charge is 0.0648 e. The van der Waals surface area contributed by atoms with E-state index in [0.29, 0.717) is 3.92 Å². The Labute approximate surface area is 56.9 Å². The van der Waals surface area contributed by atoms with Gasteiger partial charge in [-0.3, -0.25) is 0 Å². The maximum atomic E-state index is 5.09. The largest absolute Gasteiger partial charge is 0.376 e. The molecule has 1 aliphatic rings. The van der Waals surface area contributed by atoms with Crippen LogP contribution in [0.3, 0.4) is 0 Å². The average molecular weight is 210 g/mol. The van der Waals surface area contributed by atoms with Gasteiger partial charge in [0, 0.05) is 0 Å². The monoisotopic (exact) mass is 210 g/mol. The molecule has 0 aromatic rings. The molecule has 0 aromatic carbocycles. The Morgan fingerprint density at radius 3 is 2.86 bits per heavy atom. The highest BCUT2D eigenvalue weighted by molar-refractivity contribution is 14.1. The summed E-state index contributed by atoms with van der Waals surface area (Å²) in [6, 6.07) is 0. The third-order valence-corrected chi connectivity index (χ3v) is 1.61. The number of halogens is 1. The zero-order chi connectivity index (χ0) is 5.11. The van der Waals surface area contributed by atoms with E-state index in [1.165, 1.54) is 0 Å². The summed E-state index contributed by atoms with van der Waals surface area (Å²) >= 11 is 2.34. The molecule has 0 aromatic heterocycles. The summed E-state index contributed by atoms with van der Waals surface area (Å²) in [6.45, 7) is 1.69. The van der Waals surface area contributed by atoms with Gasteiger partial charge in [-0.1, -0.05) is 34.7 Å². The van der Waals surface area contributed by atoms with E-state index < -0.39 is 0 Å². The van der Waals surface area contributed by atoms with E-state index in [-0.39, 0.29) is 0 Å². The first kappa shape index (κ1) is 5.56. The van der Waals surface area contributed by atoms with Gasteiger partial charge in [0.25, 0.3) is 0 Å². The van der Waals surface area contributed by atoms with Crippen LogP contribution < -0.4 is 0 Å². The summed E-state index contributed by atoms with van der Waals surface area (Å²) in [5, 5.41) is 0. The molecule has 0 fully saturated rings. The van der Waals surface area contributed by atoms with E-state index in [9.17, 15) is 0 Å². The topological polar surface area (TPSA) is 9.23 Å². The highest BCUT2D eigenvalue weighted by Gasteiger charge is 2.00. The summed E-state index contributed by atoms with van der Waals surface area (Å²) in [7, 11) is 0. The molecule has 0 spiro atoms. The lowest BCUT2D eigenvalue weighted by molar-refractivity contribution is 0.164. The molecule has 1 aliphatic heterocycles. The van der Waals surface area contributed by atoms with Crippen molar-refractivity contribution in [2.45, 2.75) is 3.92 Å². The minimum Gasteiger partial charge on any atom is -0.376 e. The lowest BCUT2D eigenvalue weighted by Crippen LogP contribution is -2.10. The number of alkyl halides is 1. The van der Waals surface area contributed by atoms with Crippen molar-refractivity contribution in [1.29, 1.82) is 0 Å². The van der Waals surface area contributed by atoms with Gasteiger partial charge in [-0.25, -0.2) is 0 Å². The zero-order valence-electron chi connectivity index (χ0n) is 3.93. The second-order valence-electron chi connectivity index (χ2n) is 1.48. The second-order valence-corrected chi connectivity index (χ2v) is 3.08. The van der Waals surface area contributed by atoms with E-state index in [0.717, 1.165) is 13.2 Å². The van der Waals surface area contributed by atoms with Gasteiger partial charge in [0.2, 0.25) is 0 Å². The maximum Gasteiger partial charge on any atom is 0.0648 e. The fourth-order valence-electron chi connectivity index (χ4n) is 0.507. The van der Waals surface area contributed by atoms with E-state index in [2.05, 4.69) is 34.7 Å². The van der Waals surface area contributed by atoms with E-state index >= 15 is 0 Å². The predicted molar refractivity (Wildman–Crippen MR) is 37.8 cm³/mol. The first-order valence-corrected chi connectivity index (χ1v) is 3.52. The molecule has 1 nitrogen and oxygen atoms in total. The van der Waals surface area contributed by atoms with Gasteiger partial charge in [-0.15, -0.1) is 0 Å². The fourth-order valence-corrected chi connectivity index (χ4v) is 1.06. The Morgan fingerprint density at radius 1 is 1.71 bits per heavy atom. The molecule has 1 atom stereocenters. The van der Waals surface area contributed by atoms with Gasteiger partial charge in [0.1, 0.15) is 0 Å². The third-order valence-electron chi connectivity index (χ3n) is 0.836. The minimum atomic E-state index is 0.603. The Morgan fingerprint density at radius 2 is 2.57 bits per heavy atom. The lowest BCUT2D eigenvalue weighted by atomic mass is 10.3. The summed E-state index contributed by atoms with van der Waals surface area (Å²) in [6.07, 6.45) is 4.23. The average Bonchev–Trinajstić information content (AvgIpc) is 1.69. The number of hydrogen-bond acceptors (Lipinski definition) is 1. The van der Waals surface area contributed by atoms with Crippen molar-refractivity contribution in [3.05, 3.63) is 12.2 Å². The van der Waals surface area contributed by atoms with Crippen molar-refractivity contribution in [3.8, 4) is 0 Å². The van der Waals surface area contributed by atoms with Crippen LogP contribution in [0.5, 0.6) is 0 Å². The third kappa shape index (κ3) is 1.78. The molecule has 2 heteroatoms. The highest BCUT2D eigenvalue weighted by Crippen LogP contribution is 2.06. The zero-order valence-corrected chi connectivity index (χ0v) is 6.09. The van der Waals surface area contributed by atoms with Gasteiger partial charge in [0.15, 0.2) is 0 Å². The predicted octanol–water partition coefficient (Wildman–Crippen LogP) is 1.38. The number of ether oxygens (including phenoxy) is 1. The maximum absolute atomic E-state index is 5.09. The first-order chi connectivity index (χ1) is 3.39. The van der Waals surface area contributed by atoms with Crippen LogP contribution in [0.25, 0.3) is 0 Å². The van der Waals surface area contributed by atoms with Crippen LogP contribution >= 0.6 is 22.6 Å². The standard InChI is InChI=1S/C5H7IO/c6-5-2-1-3-7-4-5/h1-2,5H,3-4H2. The van der Waals surface area contributed by atoms with E-state index in [1.807, 2.05) is 0 Å². The molecule has 0 radical (unpaired) electrons. The van der Waals surface area contributed by atoms with Crippen LogP contribution in [0.4, 0.5) is 0 Å². The van der Waals surface area contributed by atoms with Gasteiger partial charge in [-0.05, 0) is 0 Å². The molecule has 7 heavy (non-hydrogen) atoms. The van der Waals surface area contributed by atoms with Crippen LogP contribution in [-0.4, -0.2) is 17.1 Å². The SMILES string of the molecule is IC1C=CCOC1. The number of hydrogen-bond donors (Lipinski definition) is 0. The van der Waals surface area contributed by atoms with Gasteiger partial charge in [-0.2, -0.15) is 0 Å². The van der Waals surface area contributed by atoms with Crippen LogP contribution in [0.2, 0.25) is 0 Å². The summed E-state index contributed by atoms with van der Waals surface area (Å²) < 4.78 is 5.69. The summed E-state index contributed by atoms with van der Waals surface area (Å²) in [5.41, 5.74) is 0. The molecule has 0 amide bonds. The van der Waals surface area contributed by atoms with Crippen LogP contribution in [0.15, 0.2) is 12.2 Å². The summed E-state index contributed by atoms with van der Waals surface area (Å²) in [4.78, 5) is 0. The van der Waals surface area contributed by atoms with E-state index in [1.54, 1.807) is 0 Å². The lowest BCUT2D eigenvalue weighted by Gasteiger charge is -2.08. The molecule has 0 bridgehead atoms. The van der Waals surface area contributed by atoms with Gasteiger partial charge < -0.3 is 4.74 Å². The van der Waals surface area contributed by atoms with Crippen molar-refractivity contribution in [3.63, 3.8) is 0 Å². The molecular weight excluding hydrogens is 203 g/mol. The molecule has 0 aliphatic carbocycles. The van der Waals surface area contributed by atoms with Crippen LogP contribution in [0, 0.1) is 0 Å². The van der Waals surface area contributed by atoms with Crippen molar-refractivity contribution >= 4 is 22.6 Å². The molecule has 0 saturated carbocycles. The second kappa shape index (κ2) is 2.67. The molecule has 40 valence electrons. The number of rotatable bonds is 0. The first-order valence-electron chi connectivity index (χ1n) is 2.28. The van der Waals surface area contributed by atoms with Crippen LogP contribution in [-0.2, 0) is 4.74 Å². The molecule has 1 unspecified atom stereocenters. The van der Waals surface area contributed by atoms with Crippen LogP contribution in [0.1, 0.15) is 0 Å².